The maximum atomic E-state index is 12.8. The minimum atomic E-state index is -0.230. The van der Waals surface area contributed by atoms with Crippen molar-refractivity contribution in [2.45, 2.75) is 0 Å². The van der Waals surface area contributed by atoms with Crippen molar-refractivity contribution in [2.24, 2.45) is 0 Å². The predicted octanol–water partition coefficient (Wildman–Crippen LogP) is 5.26. The number of para-hydroxylation sites is 1. The van der Waals surface area contributed by atoms with Gasteiger partial charge in [0.05, 0.1) is 26.7 Å². The highest BCUT2D eigenvalue weighted by molar-refractivity contribution is 7.13. The molecule has 0 fully saturated rings. The van der Waals surface area contributed by atoms with Gasteiger partial charge < -0.3 is 5.32 Å². The van der Waals surface area contributed by atoms with Crippen molar-refractivity contribution in [1.29, 1.82) is 0 Å². The van der Waals surface area contributed by atoms with Gasteiger partial charge in [-0.15, -0.1) is 11.3 Å². The van der Waals surface area contributed by atoms with Crippen LogP contribution in [0, 0.1) is 0 Å². The van der Waals surface area contributed by atoms with Gasteiger partial charge in [-0.1, -0.05) is 35.9 Å². The third kappa shape index (κ3) is 3.24. The van der Waals surface area contributed by atoms with Gasteiger partial charge in [0.2, 0.25) is 0 Å². The van der Waals surface area contributed by atoms with Gasteiger partial charge in [-0.25, -0.2) is 9.97 Å². The fourth-order valence-electron chi connectivity index (χ4n) is 2.55. The monoisotopic (exact) mass is 365 g/mol. The van der Waals surface area contributed by atoms with Crippen molar-refractivity contribution >= 4 is 45.6 Å². The molecule has 25 heavy (non-hydrogen) atoms. The van der Waals surface area contributed by atoms with Crippen molar-refractivity contribution < 1.29 is 4.79 Å². The Kier molecular flexibility index (Phi) is 4.17. The van der Waals surface area contributed by atoms with Crippen molar-refractivity contribution in [3.8, 4) is 10.6 Å². The van der Waals surface area contributed by atoms with Crippen LogP contribution >= 0.6 is 22.9 Å². The highest BCUT2D eigenvalue weighted by Crippen LogP contribution is 2.28. The topological polar surface area (TPSA) is 54.9 Å². The number of hydrogen-bond donors (Lipinski definition) is 1. The van der Waals surface area contributed by atoms with Crippen LogP contribution in [0.2, 0.25) is 5.02 Å². The Labute approximate surface area is 153 Å². The molecule has 122 valence electrons. The van der Waals surface area contributed by atoms with E-state index in [4.69, 9.17) is 11.6 Å². The van der Waals surface area contributed by atoms with Crippen LogP contribution in [0.4, 0.5) is 5.82 Å². The van der Waals surface area contributed by atoms with Gasteiger partial charge in [0.1, 0.15) is 5.82 Å². The number of benzene rings is 1. The predicted molar refractivity (Wildman–Crippen MR) is 102 cm³/mol. The summed E-state index contributed by atoms with van der Waals surface area (Å²) in [6.07, 6.45) is 1.50. The third-order valence-corrected chi connectivity index (χ3v) is 4.82. The molecule has 0 bridgehead atoms. The van der Waals surface area contributed by atoms with Crippen molar-refractivity contribution in [3.63, 3.8) is 0 Å². The second-order valence-corrected chi connectivity index (χ2v) is 6.75. The maximum absolute atomic E-state index is 12.8. The van der Waals surface area contributed by atoms with E-state index in [1.54, 1.807) is 23.5 Å². The summed E-state index contributed by atoms with van der Waals surface area (Å²) >= 11 is 7.43. The summed E-state index contributed by atoms with van der Waals surface area (Å²) in [4.78, 5) is 22.6. The lowest BCUT2D eigenvalue weighted by Gasteiger charge is -2.09. The molecule has 1 amide bonds. The van der Waals surface area contributed by atoms with Crippen LogP contribution in [0.5, 0.6) is 0 Å². The molecule has 4 aromatic rings. The smallest absolute Gasteiger partial charge is 0.257 e. The minimum Gasteiger partial charge on any atom is -0.307 e. The Morgan fingerprint density at radius 2 is 1.96 bits per heavy atom. The zero-order valence-electron chi connectivity index (χ0n) is 12.9. The standard InChI is InChI=1S/C19H12ClN3OS/c20-12-7-8-18(21-11-12)23-19(24)14-10-16(17-6-3-9-25-17)22-15-5-2-1-4-13(14)15/h1-11H,(H,21,23,24). The number of carbonyl (C=O) groups is 1. The van der Waals surface area contributed by atoms with Gasteiger partial charge in [0, 0.05) is 11.6 Å². The molecule has 0 atom stereocenters. The van der Waals surface area contributed by atoms with Crippen LogP contribution in [-0.4, -0.2) is 15.9 Å². The van der Waals surface area contributed by atoms with Crippen molar-refractivity contribution in [3.05, 3.63) is 76.8 Å². The number of hydrogen-bond acceptors (Lipinski definition) is 4. The molecule has 0 unspecified atom stereocenters. The first-order valence-corrected chi connectivity index (χ1v) is 8.83. The Balaban J connectivity index is 1.79. The molecule has 1 aromatic carbocycles. The summed E-state index contributed by atoms with van der Waals surface area (Å²) in [5, 5.41) is 6.13. The molecule has 0 saturated heterocycles. The Hall–Kier alpha value is -2.76. The van der Waals surface area contributed by atoms with Crippen LogP contribution in [0.15, 0.2) is 66.2 Å². The van der Waals surface area contributed by atoms with Crippen LogP contribution < -0.4 is 5.32 Å². The third-order valence-electron chi connectivity index (χ3n) is 3.70. The van der Waals surface area contributed by atoms with E-state index < -0.39 is 0 Å². The molecule has 0 aliphatic carbocycles. The quantitative estimate of drug-likeness (QED) is 0.538. The first-order chi connectivity index (χ1) is 12.2. The lowest BCUT2D eigenvalue weighted by atomic mass is 10.1. The lowest BCUT2D eigenvalue weighted by Crippen LogP contribution is -2.14. The van der Waals surface area contributed by atoms with Gasteiger partial charge >= 0.3 is 0 Å². The Morgan fingerprint density at radius 3 is 2.72 bits per heavy atom. The molecule has 6 heteroatoms. The van der Waals surface area contributed by atoms with Gasteiger partial charge in [0.25, 0.3) is 5.91 Å². The first-order valence-electron chi connectivity index (χ1n) is 7.57. The van der Waals surface area contributed by atoms with E-state index in [0.717, 1.165) is 21.5 Å². The fourth-order valence-corrected chi connectivity index (χ4v) is 3.35. The van der Waals surface area contributed by atoms with E-state index in [2.05, 4.69) is 15.3 Å². The normalized spacial score (nSPS) is 10.8. The highest BCUT2D eigenvalue weighted by atomic mass is 35.5. The summed E-state index contributed by atoms with van der Waals surface area (Å²) in [7, 11) is 0. The van der Waals surface area contributed by atoms with E-state index in [1.165, 1.54) is 6.20 Å². The number of halogens is 1. The number of nitrogens with one attached hydrogen (secondary N) is 1. The van der Waals surface area contributed by atoms with Gasteiger partial charge in [-0.2, -0.15) is 0 Å². The van der Waals surface area contributed by atoms with Crippen LogP contribution in [0.3, 0.4) is 0 Å². The van der Waals surface area contributed by atoms with E-state index >= 15 is 0 Å². The van der Waals surface area contributed by atoms with E-state index in [9.17, 15) is 4.79 Å². The van der Waals surface area contributed by atoms with Crippen LogP contribution in [0.1, 0.15) is 10.4 Å². The van der Waals surface area contributed by atoms with Gasteiger partial charge in [-0.05, 0) is 35.7 Å². The maximum Gasteiger partial charge on any atom is 0.257 e. The molecule has 3 aromatic heterocycles. The average molecular weight is 366 g/mol. The second-order valence-electron chi connectivity index (χ2n) is 5.37. The van der Waals surface area contributed by atoms with Crippen molar-refractivity contribution in [2.75, 3.05) is 5.32 Å². The summed E-state index contributed by atoms with van der Waals surface area (Å²) in [5.74, 6) is 0.221. The summed E-state index contributed by atoms with van der Waals surface area (Å²) in [6.45, 7) is 0. The molecule has 0 aliphatic rings. The lowest BCUT2D eigenvalue weighted by molar-refractivity contribution is 0.102. The number of amides is 1. The number of carbonyl (C=O) groups excluding carboxylic acids is 1. The Bertz CT molecular complexity index is 1050. The highest BCUT2D eigenvalue weighted by Gasteiger charge is 2.15. The number of nitrogens with zero attached hydrogens (tertiary/aromatic N) is 2. The second kappa shape index (κ2) is 6.63. The van der Waals surface area contributed by atoms with E-state index in [1.807, 2.05) is 47.8 Å². The summed E-state index contributed by atoms with van der Waals surface area (Å²) in [5.41, 5.74) is 2.12. The number of rotatable bonds is 3. The number of anilines is 1. The fraction of sp³-hybridized carbons (Fsp3) is 0. The largest absolute Gasteiger partial charge is 0.307 e. The van der Waals surface area contributed by atoms with E-state index in [0.29, 0.717) is 16.4 Å². The van der Waals surface area contributed by atoms with Crippen LogP contribution in [-0.2, 0) is 0 Å². The average Bonchev–Trinajstić information content (AvgIpc) is 3.17. The molecule has 4 rings (SSSR count). The zero-order valence-corrected chi connectivity index (χ0v) is 14.5. The minimum absolute atomic E-state index is 0.230. The molecule has 0 radical (unpaired) electrons. The molecule has 0 spiro atoms. The van der Waals surface area contributed by atoms with E-state index in [-0.39, 0.29) is 5.91 Å². The van der Waals surface area contributed by atoms with Crippen molar-refractivity contribution in [1.82, 2.24) is 9.97 Å². The summed E-state index contributed by atoms with van der Waals surface area (Å²) < 4.78 is 0. The summed E-state index contributed by atoms with van der Waals surface area (Å²) in [6, 6.07) is 16.7. The molecule has 3 heterocycles. The SMILES string of the molecule is O=C(Nc1ccc(Cl)cn1)c1cc(-c2cccs2)nc2ccccc12. The Morgan fingerprint density at radius 1 is 1.08 bits per heavy atom. The molecule has 0 aliphatic heterocycles. The number of fused-ring (bicyclic) bond motifs is 1. The molecular weight excluding hydrogens is 354 g/mol. The van der Waals surface area contributed by atoms with Crippen LogP contribution in [0.25, 0.3) is 21.5 Å². The number of pyridine rings is 2. The molecular formula is C19H12ClN3OS. The number of aromatic nitrogens is 2. The number of thiophene rings is 1. The molecule has 0 saturated carbocycles. The first kappa shape index (κ1) is 15.7. The van der Waals surface area contributed by atoms with Gasteiger partial charge in [0.15, 0.2) is 0 Å². The van der Waals surface area contributed by atoms with Gasteiger partial charge in [-0.3, -0.25) is 4.79 Å². The molecule has 1 N–H and O–H groups in total. The molecule has 4 nitrogen and oxygen atoms in total. The zero-order chi connectivity index (χ0) is 17.2.